The number of carbonyl (C=O) groups is 4. The van der Waals surface area contributed by atoms with E-state index in [1.165, 1.54) is 14.2 Å². The standard InChI is InChI=1S/C39H44N8O7/c1-52-38(50)42-20-34(48)40-14-4-3-7-33-41-19-31(43-33)27-11-10-23-16-24(8-9-25(23)17-27)26-12-13-29-30(18-26)45-36(44-29)32-6-5-15-47(32)37(49)35(28-21-54-22-28)46-39(51)53-2/h8-13,16-19,28,32,35H,3-7,14-15,20-22H2,1-2H3,(H,40,48)(H,41,43)(H,42,50)(H,44,45)(H,46,51). The molecule has 4 amide bonds. The van der Waals surface area contributed by atoms with E-state index in [9.17, 15) is 19.2 Å². The number of unbranched alkanes of at least 4 members (excludes halogenated alkanes) is 1. The number of aromatic nitrogens is 4. The second-order valence-corrected chi connectivity index (χ2v) is 13.6. The molecule has 0 bridgehead atoms. The molecule has 7 rings (SSSR count). The number of carbonyl (C=O) groups excluding carboxylic acids is 4. The van der Waals surface area contributed by atoms with Crippen molar-refractivity contribution in [1.29, 1.82) is 0 Å². The molecule has 282 valence electrons. The normalized spacial score (nSPS) is 16.2. The van der Waals surface area contributed by atoms with Crippen molar-refractivity contribution in [3.63, 3.8) is 0 Å². The van der Waals surface area contributed by atoms with Crippen molar-refractivity contribution in [2.24, 2.45) is 5.92 Å². The number of ether oxygens (including phenoxy) is 3. The number of aryl methyl sites for hydroxylation is 1. The van der Waals surface area contributed by atoms with Crippen molar-refractivity contribution in [2.45, 2.75) is 44.2 Å². The van der Waals surface area contributed by atoms with Crippen LogP contribution in [0.1, 0.15) is 43.4 Å². The zero-order chi connectivity index (χ0) is 37.6. The third-order valence-electron chi connectivity index (χ3n) is 10.1. The lowest BCUT2D eigenvalue weighted by Gasteiger charge is -2.36. The highest BCUT2D eigenvalue weighted by molar-refractivity contribution is 5.92. The van der Waals surface area contributed by atoms with Crippen molar-refractivity contribution in [2.75, 3.05) is 47.1 Å². The summed E-state index contributed by atoms with van der Waals surface area (Å²) in [6.07, 6.45) is 4.57. The zero-order valence-corrected chi connectivity index (χ0v) is 30.3. The Labute approximate surface area is 311 Å². The van der Waals surface area contributed by atoms with Crippen LogP contribution in [0.4, 0.5) is 9.59 Å². The molecule has 2 atom stereocenters. The summed E-state index contributed by atoms with van der Waals surface area (Å²) in [6.45, 7) is 1.81. The fraction of sp³-hybridized carbons (Fsp3) is 0.385. The second kappa shape index (κ2) is 16.4. The average molecular weight is 737 g/mol. The molecule has 15 nitrogen and oxygen atoms in total. The van der Waals surface area contributed by atoms with E-state index < -0.39 is 18.2 Å². The first kappa shape index (κ1) is 36.4. The largest absolute Gasteiger partial charge is 0.453 e. The maximum Gasteiger partial charge on any atom is 0.407 e. The third kappa shape index (κ3) is 8.15. The Morgan fingerprint density at radius 2 is 1.65 bits per heavy atom. The number of nitrogens with zero attached hydrogens (tertiary/aromatic N) is 3. The van der Waals surface area contributed by atoms with E-state index in [1.807, 2.05) is 17.2 Å². The van der Waals surface area contributed by atoms with Crippen LogP contribution in [0.5, 0.6) is 0 Å². The summed E-state index contributed by atoms with van der Waals surface area (Å²) in [4.78, 5) is 66.8. The molecule has 15 heteroatoms. The van der Waals surface area contributed by atoms with Crippen LogP contribution in [0, 0.1) is 5.92 Å². The predicted octanol–water partition coefficient (Wildman–Crippen LogP) is 4.60. The summed E-state index contributed by atoms with van der Waals surface area (Å²) < 4.78 is 14.6. The number of methoxy groups -OCH3 is 2. The molecule has 2 aromatic heterocycles. The summed E-state index contributed by atoms with van der Waals surface area (Å²) in [5.41, 5.74) is 5.82. The van der Waals surface area contributed by atoms with Gasteiger partial charge in [-0.3, -0.25) is 9.59 Å². The van der Waals surface area contributed by atoms with Gasteiger partial charge in [-0.15, -0.1) is 0 Å². The van der Waals surface area contributed by atoms with Crippen LogP contribution in [-0.2, 0) is 30.2 Å². The van der Waals surface area contributed by atoms with E-state index in [-0.39, 0.29) is 30.3 Å². The molecular weight excluding hydrogens is 692 g/mol. The highest BCUT2D eigenvalue weighted by Gasteiger charge is 2.42. The Hall–Kier alpha value is -5.96. The van der Waals surface area contributed by atoms with Gasteiger partial charge in [-0.1, -0.05) is 30.3 Å². The van der Waals surface area contributed by atoms with E-state index in [0.717, 1.165) is 87.9 Å². The van der Waals surface area contributed by atoms with E-state index in [1.54, 1.807) is 0 Å². The van der Waals surface area contributed by atoms with E-state index >= 15 is 0 Å². The monoisotopic (exact) mass is 736 g/mol. The van der Waals surface area contributed by atoms with Gasteiger partial charge in [0, 0.05) is 31.0 Å². The van der Waals surface area contributed by atoms with Gasteiger partial charge in [-0.25, -0.2) is 19.6 Å². The molecule has 2 unspecified atom stereocenters. The molecule has 2 aliphatic rings. The van der Waals surface area contributed by atoms with Crippen molar-refractivity contribution in [3.8, 4) is 22.4 Å². The number of hydrogen-bond acceptors (Lipinski definition) is 9. The van der Waals surface area contributed by atoms with Crippen LogP contribution >= 0.6 is 0 Å². The smallest absolute Gasteiger partial charge is 0.407 e. The molecule has 54 heavy (non-hydrogen) atoms. The van der Waals surface area contributed by atoms with Gasteiger partial charge in [0.25, 0.3) is 0 Å². The van der Waals surface area contributed by atoms with E-state index in [2.05, 4.69) is 84.2 Å². The third-order valence-corrected chi connectivity index (χ3v) is 10.1. The van der Waals surface area contributed by atoms with Crippen molar-refractivity contribution in [1.82, 2.24) is 40.8 Å². The number of H-pyrrole nitrogens is 2. The van der Waals surface area contributed by atoms with Gasteiger partial charge in [0.1, 0.15) is 17.7 Å². The number of likely N-dealkylation sites (tertiary alicyclic amines) is 1. The van der Waals surface area contributed by atoms with Crippen LogP contribution in [0.15, 0.2) is 60.8 Å². The van der Waals surface area contributed by atoms with Gasteiger partial charge < -0.3 is 45.0 Å². The minimum Gasteiger partial charge on any atom is -0.453 e. The van der Waals surface area contributed by atoms with Gasteiger partial charge in [0.2, 0.25) is 11.8 Å². The summed E-state index contributed by atoms with van der Waals surface area (Å²) in [6, 6.07) is 18.0. The van der Waals surface area contributed by atoms with Crippen LogP contribution in [-0.4, -0.2) is 102 Å². The number of aromatic amines is 2. The zero-order valence-electron chi connectivity index (χ0n) is 30.3. The summed E-state index contributed by atoms with van der Waals surface area (Å²) in [7, 11) is 2.54. The SMILES string of the molecule is COC(=O)NCC(=O)NCCCCc1ncc(-c2ccc3cc(-c4ccc5nc(C6CCCN6C(=O)C(NC(=O)OC)C6COC6)[nH]c5c4)ccc3c2)[nH]1. The molecule has 5 aromatic rings. The number of amides is 4. The fourth-order valence-electron chi connectivity index (χ4n) is 7.04. The molecule has 0 spiro atoms. The number of rotatable bonds is 13. The molecule has 0 saturated carbocycles. The first-order chi connectivity index (χ1) is 26.3. The molecule has 5 N–H and O–H groups in total. The fourth-order valence-corrected chi connectivity index (χ4v) is 7.04. The number of alkyl carbamates (subject to hydrolysis) is 2. The maximum atomic E-state index is 13.7. The lowest BCUT2D eigenvalue weighted by Crippen LogP contribution is -2.56. The molecule has 4 heterocycles. The number of fused-ring (bicyclic) bond motifs is 2. The number of imidazole rings is 2. The average Bonchev–Trinajstić information content (AvgIpc) is 3.95. The highest BCUT2D eigenvalue weighted by Crippen LogP contribution is 2.35. The minimum absolute atomic E-state index is 0.0931. The first-order valence-corrected chi connectivity index (χ1v) is 18.2. The summed E-state index contributed by atoms with van der Waals surface area (Å²) >= 11 is 0. The van der Waals surface area contributed by atoms with Gasteiger partial charge in [0.15, 0.2) is 0 Å². The van der Waals surface area contributed by atoms with Crippen LogP contribution in [0.2, 0.25) is 0 Å². The first-order valence-electron chi connectivity index (χ1n) is 18.2. The lowest BCUT2D eigenvalue weighted by atomic mass is 9.96. The highest BCUT2D eigenvalue weighted by atomic mass is 16.5. The Bertz CT molecular complexity index is 2160. The molecular formula is C39H44N8O7. The summed E-state index contributed by atoms with van der Waals surface area (Å²) in [5, 5.41) is 10.1. The van der Waals surface area contributed by atoms with Crippen LogP contribution < -0.4 is 16.0 Å². The van der Waals surface area contributed by atoms with Crippen LogP contribution in [0.3, 0.4) is 0 Å². The second-order valence-electron chi connectivity index (χ2n) is 13.6. The molecule has 2 fully saturated rings. The molecule has 2 aliphatic heterocycles. The van der Waals surface area contributed by atoms with Crippen molar-refractivity contribution in [3.05, 3.63) is 72.4 Å². The Balaban J connectivity index is 0.981. The summed E-state index contributed by atoms with van der Waals surface area (Å²) in [5.74, 6) is 1.12. The Kier molecular flexibility index (Phi) is 11.0. The minimum atomic E-state index is -0.710. The Morgan fingerprint density at radius 1 is 0.907 bits per heavy atom. The van der Waals surface area contributed by atoms with E-state index in [4.69, 9.17) is 14.5 Å². The quantitative estimate of drug-likeness (QED) is 0.108. The van der Waals surface area contributed by atoms with Crippen molar-refractivity contribution >= 4 is 45.8 Å². The van der Waals surface area contributed by atoms with Crippen LogP contribution in [0.25, 0.3) is 44.2 Å². The maximum absolute atomic E-state index is 13.7. The number of benzene rings is 3. The van der Waals surface area contributed by atoms with Gasteiger partial charge in [-0.05, 0) is 71.8 Å². The van der Waals surface area contributed by atoms with E-state index in [0.29, 0.717) is 26.3 Å². The van der Waals surface area contributed by atoms with Gasteiger partial charge in [-0.2, -0.15) is 0 Å². The van der Waals surface area contributed by atoms with Gasteiger partial charge >= 0.3 is 12.2 Å². The lowest BCUT2D eigenvalue weighted by molar-refractivity contribution is -0.142. The Morgan fingerprint density at radius 3 is 2.41 bits per heavy atom. The predicted molar refractivity (Wildman–Crippen MR) is 200 cm³/mol. The number of hydrogen-bond donors (Lipinski definition) is 5. The van der Waals surface area contributed by atoms with Crippen molar-refractivity contribution < 1.29 is 33.4 Å². The topological polar surface area (TPSA) is 193 Å². The molecule has 0 aliphatic carbocycles. The number of nitrogens with one attached hydrogen (secondary N) is 5. The molecule has 2 saturated heterocycles. The van der Waals surface area contributed by atoms with Gasteiger partial charge in [0.05, 0.1) is 62.9 Å². The molecule has 3 aromatic carbocycles. The molecule has 0 radical (unpaired) electrons.